The van der Waals surface area contributed by atoms with Crippen LogP contribution in [0.1, 0.15) is 24.2 Å². The van der Waals surface area contributed by atoms with Gasteiger partial charge >= 0.3 is 0 Å². The number of thiazole rings is 1. The summed E-state index contributed by atoms with van der Waals surface area (Å²) in [5.41, 5.74) is 2.08. The van der Waals surface area contributed by atoms with Gasteiger partial charge in [-0.1, -0.05) is 25.2 Å². The van der Waals surface area contributed by atoms with Gasteiger partial charge in [0.25, 0.3) is 0 Å². The Morgan fingerprint density at radius 3 is 2.76 bits per heavy atom. The molecule has 0 amide bonds. The first kappa shape index (κ1) is 19.1. The summed E-state index contributed by atoms with van der Waals surface area (Å²) in [5, 5.41) is 5.02. The van der Waals surface area contributed by atoms with Crippen LogP contribution in [0.2, 0.25) is 0 Å². The quantitative estimate of drug-likeness (QED) is 0.406. The number of nitrogens with one attached hydrogen (secondary N) is 1. The van der Waals surface area contributed by atoms with Crippen molar-refractivity contribution in [2.75, 3.05) is 19.0 Å². The van der Waals surface area contributed by atoms with Gasteiger partial charge in [0.2, 0.25) is 0 Å². The Morgan fingerprint density at radius 2 is 2.00 bits per heavy atom. The summed E-state index contributed by atoms with van der Waals surface area (Å²) in [6, 6.07) is 11.1. The number of hydrogen-bond acceptors (Lipinski definition) is 7. The minimum Gasteiger partial charge on any atom is -0.496 e. The van der Waals surface area contributed by atoms with Crippen LogP contribution >= 0.6 is 11.3 Å². The van der Waals surface area contributed by atoms with Crippen LogP contribution in [-0.4, -0.2) is 29.9 Å². The molecule has 0 spiro atoms. The molecule has 1 N–H and O–H groups in total. The normalized spacial score (nSPS) is 11.2. The zero-order chi connectivity index (χ0) is 20.4. The number of hydrogen-bond donors (Lipinski definition) is 1. The molecule has 4 aromatic rings. The molecule has 6 nitrogen and oxygen atoms in total. The predicted octanol–water partition coefficient (Wildman–Crippen LogP) is 5.53. The number of fused-ring (bicyclic) bond motifs is 2. The predicted molar refractivity (Wildman–Crippen MR) is 117 cm³/mol. The second-order valence-corrected chi connectivity index (χ2v) is 8.09. The summed E-state index contributed by atoms with van der Waals surface area (Å²) >= 11 is 1.60. The van der Waals surface area contributed by atoms with Crippen LogP contribution < -0.4 is 14.8 Å². The van der Waals surface area contributed by atoms with Crippen molar-refractivity contribution in [2.24, 2.45) is 5.92 Å². The number of ether oxygens (including phenoxy) is 2. The van der Waals surface area contributed by atoms with Crippen molar-refractivity contribution in [2.45, 2.75) is 13.8 Å². The molecule has 0 aliphatic heterocycles. The molecule has 0 aliphatic carbocycles. The molecule has 2 heterocycles. The van der Waals surface area contributed by atoms with Crippen molar-refractivity contribution >= 4 is 43.9 Å². The maximum atomic E-state index is 11.4. The van der Waals surface area contributed by atoms with Crippen LogP contribution in [0.25, 0.3) is 21.1 Å². The molecule has 148 valence electrons. The maximum Gasteiger partial charge on any atom is 0.183 e. The largest absolute Gasteiger partial charge is 0.496 e. The zero-order valence-electron chi connectivity index (χ0n) is 16.4. The number of anilines is 1. The van der Waals surface area contributed by atoms with Crippen LogP contribution in [0, 0.1) is 5.92 Å². The van der Waals surface area contributed by atoms with E-state index >= 15 is 0 Å². The molecule has 0 saturated heterocycles. The fraction of sp³-hybridized carbons (Fsp3) is 0.227. The van der Waals surface area contributed by atoms with Gasteiger partial charge in [-0.3, -0.25) is 9.78 Å². The first-order valence-electron chi connectivity index (χ1n) is 9.31. The van der Waals surface area contributed by atoms with Gasteiger partial charge in [-0.05, 0) is 30.2 Å². The van der Waals surface area contributed by atoms with Crippen LogP contribution in [0.5, 0.6) is 17.2 Å². The molecule has 2 aromatic heterocycles. The molecule has 29 heavy (non-hydrogen) atoms. The lowest BCUT2D eigenvalue weighted by Crippen LogP contribution is -2.07. The fourth-order valence-electron chi connectivity index (χ4n) is 2.99. The van der Waals surface area contributed by atoms with Crippen molar-refractivity contribution in [3.8, 4) is 17.2 Å². The second-order valence-electron chi connectivity index (χ2n) is 7.06. The van der Waals surface area contributed by atoms with Gasteiger partial charge in [-0.2, -0.15) is 0 Å². The highest BCUT2D eigenvalue weighted by Crippen LogP contribution is 2.35. The van der Waals surface area contributed by atoms with Crippen LogP contribution in [0.3, 0.4) is 0 Å². The van der Waals surface area contributed by atoms with Crippen LogP contribution in [-0.2, 0) is 0 Å². The first-order chi connectivity index (χ1) is 14.1. The molecule has 0 aliphatic rings. The summed E-state index contributed by atoms with van der Waals surface area (Å²) < 4.78 is 12.4. The number of nitrogens with zero attached hydrogens (tertiary/aromatic N) is 2. The Balaban J connectivity index is 1.67. The summed E-state index contributed by atoms with van der Waals surface area (Å²) in [6.07, 6.45) is 2.45. The third-order valence-electron chi connectivity index (χ3n) is 4.43. The van der Waals surface area contributed by atoms with Crippen molar-refractivity contribution in [3.05, 3.63) is 48.2 Å². The molecule has 0 fully saturated rings. The standard InChI is InChI=1S/C22H21N3O3S/c1-13(2)11-24-22-25-17-5-4-15(9-21(17)29-22)28-19-6-7-23-18-10-20(27-3)14(12-26)8-16(18)19/h4-10,12-13H,11H2,1-3H3,(H,24,25). The van der Waals surface area contributed by atoms with E-state index in [1.54, 1.807) is 35.7 Å². The van der Waals surface area contributed by atoms with Gasteiger partial charge in [0, 0.05) is 30.3 Å². The molecule has 0 saturated carbocycles. The highest BCUT2D eigenvalue weighted by molar-refractivity contribution is 7.22. The Morgan fingerprint density at radius 1 is 1.14 bits per heavy atom. The van der Waals surface area contributed by atoms with E-state index in [0.717, 1.165) is 33.6 Å². The molecule has 0 radical (unpaired) electrons. The molecule has 2 aromatic carbocycles. The molecule has 4 rings (SSSR count). The van der Waals surface area contributed by atoms with E-state index in [2.05, 4.69) is 29.1 Å². The number of methoxy groups -OCH3 is 1. The second kappa shape index (κ2) is 8.05. The SMILES string of the molecule is COc1cc2nccc(Oc3ccc4nc(NCC(C)C)sc4c3)c2cc1C=O. The van der Waals surface area contributed by atoms with Gasteiger partial charge in [0.05, 0.1) is 28.4 Å². The summed E-state index contributed by atoms with van der Waals surface area (Å²) in [5.74, 6) is 2.37. The maximum absolute atomic E-state index is 11.4. The van der Waals surface area contributed by atoms with E-state index in [1.807, 2.05) is 18.2 Å². The molecule has 0 unspecified atom stereocenters. The average molecular weight is 407 g/mol. The van der Waals surface area contributed by atoms with Gasteiger partial charge in [-0.25, -0.2) is 4.98 Å². The Kier molecular flexibility index (Phi) is 5.31. The van der Waals surface area contributed by atoms with Gasteiger partial charge < -0.3 is 14.8 Å². The number of rotatable bonds is 7. The highest BCUT2D eigenvalue weighted by atomic mass is 32.1. The number of carbonyl (C=O) groups is 1. The Bertz CT molecular complexity index is 1190. The molecule has 0 atom stereocenters. The van der Waals surface area contributed by atoms with Crippen molar-refractivity contribution in [3.63, 3.8) is 0 Å². The topological polar surface area (TPSA) is 73.3 Å². The highest BCUT2D eigenvalue weighted by Gasteiger charge is 2.12. The Hall–Kier alpha value is -3.19. The molecular weight excluding hydrogens is 386 g/mol. The number of aldehydes is 1. The van der Waals surface area contributed by atoms with Gasteiger partial charge in [-0.15, -0.1) is 0 Å². The summed E-state index contributed by atoms with van der Waals surface area (Å²) in [6.45, 7) is 5.21. The van der Waals surface area contributed by atoms with Gasteiger partial charge in [0.1, 0.15) is 17.2 Å². The van der Waals surface area contributed by atoms with Crippen LogP contribution in [0.4, 0.5) is 5.13 Å². The third-order valence-corrected chi connectivity index (χ3v) is 5.41. The lowest BCUT2D eigenvalue weighted by molar-refractivity contribution is 0.112. The fourth-order valence-corrected chi connectivity index (χ4v) is 3.89. The lowest BCUT2D eigenvalue weighted by Gasteiger charge is -2.11. The van der Waals surface area contributed by atoms with E-state index < -0.39 is 0 Å². The summed E-state index contributed by atoms with van der Waals surface area (Å²) in [4.78, 5) is 20.4. The van der Waals surface area contributed by atoms with Crippen molar-refractivity contribution in [1.82, 2.24) is 9.97 Å². The van der Waals surface area contributed by atoms with E-state index in [4.69, 9.17) is 9.47 Å². The zero-order valence-corrected chi connectivity index (χ0v) is 17.2. The smallest absolute Gasteiger partial charge is 0.183 e. The number of benzene rings is 2. The molecule has 7 heteroatoms. The third kappa shape index (κ3) is 4.00. The van der Waals surface area contributed by atoms with E-state index in [0.29, 0.717) is 34.2 Å². The van der Waals surface area contributed by atoms with E-state index in [9.17, 15) is 4.79 Å². The van der Waals surface area contributed by atoms with Crippen molar-refractivity contribution in [1.29, 1.82) is 0 Å². The molecule has 0 bridgehead atoms. The van der Waals surface area contributed by atoms with E-state index in [-0.39, 0.29) is 0 Å². The van der Waals surface area contributed by atoms with Gasteiger partial charge in [0.15, 0.2) is 11.4 Å². The average Bonchev–Trinajstić information content (AvgIpc) is 3.13. The monoisotopic (exact) mass is 407 g/mol. The minimum absolute atomic E-state index is 0.455. The van der Waals surface area contributed by atoms with Crippen molar-refractivity contribution < 1.29 is 14.3 Å². The number of aromatic nitrogens is 2. The molecular formula is C22H21N3O3S. The summed E-state index contributed by atoms with van der Waals surface area (Å²) in [7, 11) is 1.53. The van der Waals surface area contributed by atoms with E-state index in [1.165, 1.54) is 7.11 Å². The number of pyridine rings is 1. The lowest BCUT2D eigenvalue weighted by atomic mass is 10.1. The van der Waals surface area contributed by atoms with Crippen LogP contribution in [0.15, 0.2) is 42.6 Å². The number of carbonyl (C=O) groups excluding carboxylic acids is 1. The first-order valence-corrected chi connectivity index (χ1v) is 10.1. The minimum atomic E-state index is 0.455. The Labute approximate surface area is 172 Å².